The molecule has 0 saturated heterocycles. The van der Waals surface area contributed by atoms with E-state index in [1.807, 2.05) is 6.07 Å². The highest BCUT2D eigenvalue weighted by molar-refractivity contribution is 7.98. The highest BCUT2D eigenvalue weighted by Gasteiger charge is 2.28. The summed E-state index contributed by atoms with van der Waals surface area (Å²) >= 11 is 14.0. The van der Waals surface area contributed by atoms with Crippen molar-refractivity contribution in [3.63, 3.8) is 0 Å². The first kappa shape index (κ1) is 25.4. The number of rotatable bonds is 10. The molecule has 0 heterocycles. The van der Waals surface area contributed by atoms with Crippen molar-refractivity contribution in [1.29, 1.82) is 0 Å². The SMILES string of the molecule is Cc1cccc(CSCCNC(=O)CN(c2ccc(Cl)cc2Cl)S(=O)(=O)c2ccccc2)c1. The number of halogens is 2. The Kier molecular flexibility index (Phi) is 9.09. The van der Waals surface area contributed by atoms with Gasteiger partial charge in [0, 0.05) is 23.1 Å². The largest absolute Gasteiger partial charge is 0.354 e. The Morgan fingerprint density at radius 3 is 2.45 bits per heavy atom. The van der Waals surface area contributed by atoms with Crippen LogP contribution in [0.3, 0.4) is 0 Å². The lowest BCUT2D eigenvalue weighted by Gasteiger charge is -2.25. The number of nitrogens with one attached hydrogen (secondary N) is 1. The fourth-order valence-corrected chi connectivity index (χ4v) is 5.97. The number of hydrogen-bond donors (Lipinski definition) is 1. The molecule has 3 aromatic carbocycles. The standard InChI is InChI=1S/C24H24Cl2N2O3S2/c1-18-6-5-7-19(14-18)17-32-13-12-27-24(29)16-28(23-11-10-20(25)15-22(23)26)33(30,31)21-8-3-2-4-9-21/h2-11,14-15H,12-13,16-17H2,1H3,(H,27,29). The maximum Gasteiger partial charge on any atom is 0.264 e. The Balaban J connectivity index is 1.66. The molecule has 0 fully saturated rings. The first-order valence-corrected chi connectivity index (χ1v) is 13.6. The van der Waals surface area contributed by atoms with Crippen molar-refractivity contribution in [1.82, 2.24) is 5.32 Å². The fraction of sp³-hybridized carbons (Fsp3) is 0.208. The lowest BCUT2D eigenvalue weighted by Crippen LogP contribution is -2.41. The number of aryl methyl sites for hydroxylation is 1. The molecule has 33 heavy (non-hydrogen) atoms. The van der Waals surface area contributed by atoms with E-state index in [-0.39, 0.29) is 15.6 Å². The summed E-state index contributed by atoms with van der Waals surface area (Å²) in [6.07, 6.45) is 0. The molecule has 5 nitrogen and oxygen atoms in total. The molecule has 0 unspecified atom stereocenters. The van der Waals surface area contributed by atoms with Gasteiger partial charge in [-0.3, -0.25) is 9.10 Å². The third-order valence-electron chi connectivity index (χ3n) is 4.72. The number of amides is 1. The summed E-state index contributed by atoms with van der Waals surface area (Å²) in [6.45, 7) is 2.07. The lowest BCUT2D eigenvalue weighted by molar-refractivity contribution is -0.119. The van der Waals surface area contributed by atoms with Gasteiger partial charge >= 0.3 is 0 Å². The second kappa shape index (κ2) is 11.8. The first-order chi connectivity index (χ1) is 15.8. The molecule has 0 bridgehead atoms. The Morgan fingerprint density at radius 2 is 1.76 bits per heavy atom. The summed E-state index contributed by atoms with van der Waals surface area (Å²) in [5.74, 6) is 1.12. The molecule has 0 aromatic heterocycles. The van der Waals surface area contributed by atoms with Gasteiger partial charge in [-0.15, -0.1) is 0 Å². The van der Waals surface area contributed by atoms with Gasteiger partial charge in [0.15, 0.2) is 0 Å². The van der Waals surface area contributed by atoms with Gasteiger partial charge in [0.1, 0.15) is 6.54 Å². The van der Waals surface area contributed by atoms with Gasteiger partial charge < -0.3 is 5.32 Å². The van der Waals surface area contributed by atoms with E-state index < -0.39 is 22.5 Å². The quantitative estimate of drug-likeness (QED) is 0.354. The van der Waals surface area contributed by atoms with Crippen LogP contribution in [-0.4, -0.2) is 33.2 Å². The average molecular weight is 524 g/mol. The molecule has 9 heteroatoms. The first-order valence-electron chi connectivity index (χ1n) is 10.2. The van der Waals surface area contributed by atoms with Crippen molar-refractivity contribution in [2.24, 2.45) is 0 Å². The third-order valence-corrected chi connectivity index (χ3v) is 8.06. The number of carbonyl (C=O) groups excluding carboxylic acids is 1. The van der Waals surface area contributed by atoms with Crippen LogP contribution in [0.5, 0.6) is 0 Å². The molecule has 0 radical (unpaired) electrons. The molecular weight excluding hydrogens is 499 g/mol. The highest BCUT2D eigenvalue weighted by atomic mass is 35.5. The molecule has 174 valence electrons. The molecule has 1 N–H and O–H groups in total. The van der Waals surface area contributed by atoms with Crippen LogP contribution in [0.4, 0.5) is 5.69 Å². The van der Waals surface area contributed by atoms with E-state index in [1.165, 1.54) is 41.5 Å². The second-order valence-electron chi connectivity index (χ2n) is 7.31. The average Bonchev–Trinajstić information content (AvgIpc) is 2.78. The maximum absolute atomic E-state index is 13.3. The molecule has 0 aliphatic heterocycles. The minimum absolute atomic E-state index is 0.0672. The zero-order chi connectivity index (χ0) is 23.8. The van der Waals surface area contributed by atoms with Crippen molar-refractivity contribution in [3.8, 4) is 0 Å². The second-order valence-corrected chi connectivity index (χ2v) is 11.1. The highest BCUT2D eigenvalue weighted by Crippen LogP contribution is 2.32. The third kappa shape index (κ3) is 7.14. The van der Waals surface area contributed by atoms with E-state index in [1.54, 1.807) is 30.0 Å². The van der Waals surface area contributed by atoms with Crippen LogP contribution in [0.15, 0.2) is 77.7 Å². The summed E-state index contributed by atoms with van der Waals surface area (Å²) in [5.41, 5.74) is 2.62. The Bertz CT molecular complexity index is 1210. The monoisotopic (exact) mass is 522 g/mol. The van der Waals surface area contributed by atoms with Crippen LogP contribution in [0, 0.1) is 6.92 Å². The molecule has 0 aliphatic carbocycles. The summed E-state index contributed by atoms with van der Waals surface area (Å²) in [6, 6.07) is 20.7. The predicted octanol–water partition coefficient (Wildman–Crippen LogP) is 5.55. The molecule has 1 amide bonds. The molecule has 0 aliphatic rings. The Hall–Kier alpha value is -2.19. The summed E-state index contributed by atoms with van der Waals surface area (Å²) in [5, 5.41) is 3.31. The number of benzene rings is 3. The van der Waals surface area contributed by atoms with E-state index in [2.05, 4.69) is 30.4 Å². The van der Waals surface area contributed by atoms with Crippen molar-refractivity contribution in [2.75, 3.05) is 23.1 Å². The zero-order valence-corrected chi connectivity index (χ0v) is 21.1. The minimum Gasteiger partial charge on any atom is -0.354 e. The van der Waals surface area contributed by atoms with Gasteiger partial charge in [-0.2, -0.15) is 11.8 Å². The maximum atomic E-state index is 13.3. The topological polar surface area (TPSA) is 66.5 Å². The Morgan fingerprint density at radius 1 is 1.00 bits per heavy atom. The van der Waals surface area contributed by atoms with Gasteiger partial charge in [-0.05, 0) is 42.8 Å². The van der Waals surface area contributed by atoms with Crippen LogP contribution in [0.1, 0.15) is 11.1 Å². The molecule has 3 aromatic rings. The van der Waals surface area contributed by atoms with Crippen LogP contribution in [-0.2, 0) is 20.6 Å². The van der Waals surface area contributed by atoms with E-state index in [9.17, 15) is 13.2 Å². The van der Waals surface area contributed by atoms with Crippen molar-refractivity contribution >= 4 is 56.6 Å². The smallest absolute Gasteiger partial charge is 0.264 e. The fourth-order valence-electron chi connectivity index (χ4n) is 3.14. The van der Waals surface area contributed by atoms with Crippen molar-refractivity contribution in [2.45, 2.75) is 17.6 Å². The van der Waals surface area contributed by atoms with Crippen LogP contribution < -0.4 is 9.62 Å². The summed E-state index contributed by atoms with van der Waals surface area (Å²) in [4.78, 5) is 12.7. The van der Waals surface area contributed by atoms with Gasteiger partial charge in [0.2, 0.25) is 5.91 Å². The Labute approximate surface area is 209 Å². The number of anilines is 1. The molecule has 0 spiro atoms. The zero-order valence-electron chi connectivity index (χ0n) is 18.0. The summed E-state index contributed by atoms with van der Waals surface area (Å²) < 4.78 is 27.6. The lowest BCUT2D eigenvalue weighted by atomic mass is 10.2. The molecule has 0 saturated carbocycles. The number of carbonyl (C=O) groups is 1. The van der Waals surface area contributed by atoms with E-state index in [4.69, 9.17) is 23.2 Å². The van der Waals surface area contributed by atoms with Crippen molar-refractivity contribution < 1.29 is 13.2 Å². The van der Waals surface area contributed by atoms with Crippen molar-refractivity contribution in [3.05, 3.63) is 94.0 Å². The number of nitrogens with zero attached hydrogens (tertiary/aromatic N) is 1. The van der Waals surface area contributed by atoms with Crippen LogP contribution in [0.2, 0.25) is 10.0 Å². The van der Waals surface area contributed by atoms with E-state index in [0.717, 1.165) is 10.1 Å². The van der Waals surface area contributed by atoms with Gasteiger partial charge in [-0.1, -0.05) is 71.2 Å². The number of sulfonamides is 1. The van der Waals surface area contributed by atoms with E-state index >= 15 is 0 Å². The summed E-state index contributed by atoms with van der Waals surface area (Å²) in [7, 11) is -4.02. The number of thioether (sulfide) groups is 1. The van der Waals surface area contributed by atoms with E-state index in [0.29, 0.717) is 17.3 Å². The molecular formula is C24H24Cl2N2O3S2. The van der Waals surface area contributed by atoms with Gasteiger partial charge in [-0.25, -0.2) is 8.42 Å². The van der Waals surface area contributed by atoms with Gasteiger partial charge in [0.25, 0.3) is 10.0 Å². The minimum atomic E-state index is -4.02. The van der Waals surface area contributed by atoms with Gasteiger partial charge in [0.05, 0.1) is 15.6 Å². The predicted molar refractivity (Wildman–Crippen MR) is 138 cm³/mol. The normalized spacial score (nSPS) is 11.2. The van der Waals surface area contributed by atoms with Crippen LogP contribution in [0.25, 0.3) is 0 Å². The van der Waals surface area contributed by atoms with Crippen LogP contribution >= 0.6 is 35.0 Å². The number of hydrogen-bond acceptors (Lipinski definition) is 4. The molecule has 0 atom stereocenters. The molecule has 3 rings (SSSR count).